The van der Waals surface area contributed by atoms with Crippen LogP contribution in [-0.2, 0) is 0 Å². The predicted octanol–water partition coefficient (Wildman–Crippen LogP) is 0.464. The summed E-state index contributed by atoms with van der Waals surface area (Å²) in [6.45, 7) is 1.48. The fourth-order valence-corrected chi connectivity index (χ4v) is 3.59. The lowest BCUT2D eigenvalue weighted by atomic mass is 9.79. The monoisotopic (exact) mass is 173 g/mol. The molecule has 2 aliphatic heterocycles. The molecule has 0 saturated carbocycles. The number of hydrogen-bond acceptors (Lipinski definition) is 3. The van der Waals surface area contributed by atoms with E-state index in [2.05, 4.69) is 5.32 Å². The SMILES string of the molecule is OCC12CCNC1CSCC2. The first-order chi connectivity index (χ1) is 5.37. The molecule has 0 bridgehead atoms. The van der Waals surface area contributed by atoms with E-state index < -0.39 is 0 Å². The van der Waals surface area contributed by atoms with Gasteiger partial charge in [0.05, 0.1) is 6.61 Å². The number of aliphatic hydroxyl groups excluding tert-OH is 1. The molecular weight excluding hydrogens is 158 g/mol. The first-order valence-electron chi connectivity index (χ1n) is 4.29. The van der Waals surface area contributed by atoms with Gasteiger partial charge < -0.3 is 10.4 Å². The van der Waals surface area contributed by atoms with Gasteiger partial charge in [-0.1, -0.05) is 0 Å². The molecule has 2 N–H and O–H groups in total. The highest BCUT2D eigenvalue weighted by molar-refractivity contribution is 7.99. The molecule has 2 heterocycles. The van der Waals surface area contributed by atoms with Crippen molar-refractivity contribution in [3.8, 4) is 0 Å². The van der Waals surface area contributed by atoms with Gasteiger partial charge in [-0.25, -0.2) is 0 Å². The summed E-state index contributed by atoms with van der Waals surface area (Å²) in [6, 6.07) is 0.589. The molecule has 64 valence electrons. The molecule has 11 heavy (non-hydrogen) atoms. The van der Waals surface area contributed by atoms with E-state index in [1.807, 2.05) is 11.8 Å². The van der Waals surface area contributed by atoms with Gasteiger partial charge in [0, 0.05) is 17.2 Å². The molecule has 0 aromatic rings. The van der Waals surface area contributed by atoms with Gasteiger partial charge in [0.15, 0.2) is 0 Å². The third kappa shape index (κ3) is 1.19. The molecule has 2 aliphatic rings. The van der Waals surface area contributed by atoms with E-state index in [9.17, 15) is 5.11 Å². The summed E-state index contributed by atoms with van der Waals surface area (Å²) < 4.78 is 0. The molecular formula is C8H15NOS. The largest absolute Gasteiger partial charge is 0.396 e. The molecule has 2 fully saturated rings. The Morgan fingerprint density at radius 1 is 1.55 bits per heavy atom. The van der Waals surface area contributed by atoms with E-state index in [-0.39, 0.29) is 5.41 Å². The van der Waals surface area contributed by atoms with E-state index in [1.165, 1.54) is 24.3 Å². The Hall–Kier alpha value is 0.270. The standard InChI is InChI=1S/C8H15NOS/c10-6-8-1-3-9-7(8)5-11-4-2-8/h7,9-10H,1-6H2. The van der Waals surface area contributed by atoms with Crippen LogP contribution in [0.4, 0.5) is 0 Å². The number of fused-ring (bicyclic) bond motifs is 1. The van der Waals surface area contributed by atoms with Crippen LogP contribution >= 0.6 is 11.8 Å². The van der Waals surface area contributed by atoms with Crippen molar-refractivity contribution >= 4 is 11.8 Å². The molecule has 2 unspecified atom stereocenters. The Morgan fingerprint density at radius 2 is 2.45 bits per heavy atom. The third-order valence-corrected chi connectivity index (χ3v) is 4.16. The summed E-state index contributed by atoms with van der Waals surface area (Å²) in [5.41, 5.74) is 0.255. The zero-order valence-electron chi connectivity index (χ0n) is 6.68. The predicted molar refractivity (Wildman–Crippen MR) is 47.9 cm³/mol. The molecule has 3 heteroatoms. The van der Waals surface area contributed by atoms with Gasteiger partial charge in [0.2, 0.25) is 0 Å². The number of hydrogen-bond donors (Lipinski definition) is 2. The first-order valence-corrected chi connectivity index (χ1v) is 5.45. The Morgan fingerprint density at radius 3 is 3.18 bits per heavy atom. The Balaban J connectivity index is 2.12. The van der Waals surface area contributed by atoms with Crippen LogP contribution in [0.5, 0.6) is 0 Å². The summed E-state index contributed by atoms with van der Waals surface area (Å²) in [7, 11) is 0. The van der Waals surface area contributed by atoms with Gasteiger partial charge >= 0.3 is 0 Å². The zero-order valence-corrected chi connectivity index (χ0v) is 7.49. The molecule has 0 aromatic carbocycles. The van der Waals surface area contributed by atoms with E-state index >= 15 is 0 Å². The van der Waals surface area contributed by atoms with E-state index in [0.717, 1.165) is 6.54 Å². The smallest absolute Gasteiger partial charge is 0.0503 e. The van der Waals surface area contributed by atoms with Gasteiger partial charge in [-0.3, -0.25) is 0 Å². The van der Waals surface area contributed by atoms with Crippen LogP contribution in [0, 0.1) is 5.41 Å². The summed E-state index contributed by atoms with van der Waals surface area (Å²) >= 11 is 2.01. The van der Waals surface area contributed by atoms with Crippen molar-refractivity contribution in [3.05, 3.63) is 0 Å². The lowest BCUT2D eigenvalue weighted by Crippen LogP contribution is -2.44. The average molecular weight is 173 g/mol. The van der Waals surface area contributed by atoms with Crippen molar-refractivity contribution in [2.45, 2.75) is 18.9 Å². The maximum absolute atomic E-state index is 9.30. The van der Waals surface area contributed by atoms with Crippen molar-refractivity contribution < 1.29 is 5.11 Å². The normalized spacial score (nSPS) is 43.9. The Bertz CT molecular complexity index is 153. The van der Waals surface area contributed by atoms with Crippen LogP contribution in [0.15, 0.2) is 0 Å². The molecule has 2 nitrogen and oxygen atoms in total. The van der Waals surface area contributed by atoms with Gasteiger partial charge in [0.1, 0.15) is 0 Å². The summed E-state index contributed by atoms with van der Waals surface area (Å²) in [5.74, 6) is 2.43. The van der Waals surface area contributed by atoms with Crippen molar-refractivity contribution in [2.75, 3.05) is 24.7 Å². The van der Waals surface area contributed by atoms with Crippen LogP contribution in [0.3, 0.4) is 0 Å². The molecule has 2 saturated heterocycles. The third-order valence-electron chi connectivity index (χ3n) is 3.10. The van der Waals surface area contributed by atoms with Crippen LogP contribution < -0.4 is 5.32 Å². The van der Waals surface area contributed by atoms with Gasteiger partial charge in [0.25, 0.3) is 0 Å². The highest BCUT2D eigenvalue weighted by Crippen LogP contribution is 2.40. The second-order valence-corrected chi connectivity index (χ2v) is 4.75. The van der Waals surface area contributed by atoms with Crippen molar-refractivity contribution in [3.63, 3.8) is 0 Å². The summed E-state index contributed by atoms with van der Waals surface area (Å²) in [4.78, 5) is 0. The van der Waals surface area contributed by atoms with Crippen LogP contribution in [0.25, 0.3) is 0 Å². The average Bonchev–Trinajstić information content (AvgIpc) is 2.48. The highest BCUT2D eigenvalue weighted by Gasteiger charge is 2.43. The van der Waals surface area contributed by atoms with Crippen molar-refractivity contribution in [1.82, 2.24) is 5.32 Å². The number of rotatable bonds is 1. The lowest BCUT2D eigenvalue weighted by Gasteiger charge is -2.36. The van der Waals surface area contributed by atoms with Gasteiger partial charge in [-0.2, -0.15) is 11.8 Å². The van der Waals surface area contributed by atoms with Crippen LogP contribution in [0.2, 0.25) is 0 Å². The van der Waals surface area contributed by atoms with Gasteiger partial charge in [-0.05, 0) is 25.1 Å². The number of thioether (sulfide) groups is 1. The quantitative estimate of drug-likeness (QED) is 0.604. The fraction of sp³-hybridized carbons (Fsp3) is 1.00. The Labute approximate surface area is 71.7 Å². The van der Waals surface area contributed by atoms with Crippen molar-refractivity contribution in [1.29, 1.82) is 0 Å². The maximum atomic E-state index is 9.30. The zero-order chi connectivity index (χ0) is 7.73. The topological polar surface area (TPSA) is 32.3 Å². The second-order valence-electron chi connectivity index (χ2n) is 3.60. The van der Waals surface area contributed by atoms with E-state index in [4.69, 9.17) is 0 Å². The first kappa shape index (κ1) is 7.90. The molecule has 0 spiro atoms. The van der Waals surface area contributed by atoms with E-state index in [1.54, 1.807) is 0 Å². The summed E-state index contributed by atoms with van der Waals surface area (Å²) in [6.07, 6.45) is 2.38. The maximum Gasteiger partial charge on any atom is 0.0503 e. The van der Waals surface area contributed by atoms with Crippen LogP contribution in [-0.4, -0.2) is 35.8 Å². The number of aliphatic hydroxyl groups is 1. The molecule has 0 radical (unpaired) electrons. The molecule has 0 aliphatic carbocycles. The molecule has 0 amide bonds. The number of nitrogens with one attached hydrogen (secondary N) is 1. The van der Waals surface area contributed by atoms with Gasteiger partial charge in [-0.15, -0.1) is 0 Å². The van der Waals surface area contributed by atoms with Crippen molar-refractivity contribution in [2.24, 2.45) is 5.41 Å². The Kier molecular flexibility index (Phi) is 2.12. The summed E-state index contributed by atoms with van der Waals surface area (Å²) in [5, 5.41) is 12.8. The van der Waals surface area contributed by atoms with Crippen LogP contribution in [0.1, 0.15) is 12.8 Å². The minimum Gasteiger partial charge on any atom is -0.396 e. The second kappa shape index (κ2) is 2.96. The van der Waals surface area contributed by atoms with E-state index in [0.29, 0.717) is 12.6 Å². The molecule has 2 rings (SSSR count). The minimum atomic E-state index is 0.255. The minimum absolute atomic E-state index is 0.255. The fourth-order valence-electron chi connectivity index (χ4n) is 2.17. The lowest BCUT2D eigenvalue weighted by molar-refractivity contribution is 0.111. The molecule has 0 aromatic heterocycles. The molecule has 2 atom stereocenters. The highest BCUT2D eigenvalue weighted by atomic mass is 32.2.